The van der Waals surface area contributed by atoms with Crippen LogP contribution in [-0.2, 0) is 9.59 Å². The van der Waals surface area contributed by atoms with E-state index in [0.29, 0.717) is 6.54 Å². The average Bonchev–Trinajstić information content (AvgIpc) is 2.35. The van der Waals surface area contributed by atoms with Gasteiger partial charge < -0.3 is 16.2 Å². The molecular formula is C14H26N2O3. The minimum absolute atomic E-state index is 0.0160. The Bertz CT molecular complexity index is 312. The Morgan fingerprint density at radius 3 is 2.42 bits per heavy atom. The van der Waals surface area contributed by atoms with Crippen molar-refractivity contribution >= 4 is 11.9 Å². The van der Waals surface area contributed by atoms with Gasteiger partial charge in [-0.3, -0.25) is 9.59 Å². The van der Waals surface area contributed by atoms with E-state index in [9.17, 15) is 9.59 Å². The molecule has 1 saturated carbocycles. The molecule has 0 aliphatic heterocycles. The summed E-state index contributed by atoms with van der Waals surface area (Å²) in [6, 6.07) is 0. The Balaban J connectivity index is 2.70. The summed E-state index contributed by atoms with van der Waals surface area (Å²) in [6.07, 6.45) is 6.27. The third-order valence-corrected chi connectivity index (χ3v) is 3.98. The van der Waals surface area contributed by atoms with Gasteiger partial charge in [-0.15, -0.1) is 0 Å². The van der Waals surface area contributed by atoms with Crippen molar-refractivity contribution in [3.05, 3.63) is 0 Å². The van der Waals surface area contributed by atoms with E-state index in [-0.39, 0.29) is 18.2 Å². The number of carboxylic acid groups (broad SMARTS) is 1. The number of carbonyl (C=O) groups is 2. The fourth-order valence-corrected chi connectivity index (χ4v) is 2.93. The van der Waals surface area contributed by atoms with Crippen LogP contribution in [0.1, 0.15) is 58.3 Å². The molecule has 0 bridgehead atoms. The highest BCUT2D eigenvalue weighted by Crippen LogP contribution is 2.31. The first-order valence-electron chi connectivity index (χ1n) is 7.27. The summed E-state index contributed by atoms with van der Waals surface area (Å²) < 4.78 is 0. The molecule has 0 saturated heterocycles. The van der Waals surface area contributed by atoms with Crippen LogP contribution in [0.2, 0.25) is 0 Å². The molecule has 5 nitrogen and oxygen atoms in total. The fraction of sp³-hybridized carbons (Fsp3) is 0.857. The summed E-state index contributed by atoms with van der Waals surface area (Å²) >= 11 is 0. The highest BCUT2D eigenvalue weighted by molar-refractivity contribution is 5.80. The molecule has 1 atom stereocenters. The third kappa shape index (κ3) is 4.82. The molecule has 1 aliphatic rings. The van der Waals surface area contributed by atoms with Crippen LogP contribution in [0.3, 0.4) is 0 Å². The lowest BCUT2D eigenvalue weighted by Gasteiger charge is -2.38. The van der Waals surface area contributed by atoms with Crippen LogP contribution >= 0.6 is 0 Å². The van der Waals surface area contributed by atoms with E-state index in [2.05, 4.69) is 5.32 Å². The summed E-state index contributed by atoms with van der Waals surface area (Å²) in [5.74, 6) is -1.12. The summed E-state index contributed by atoms with van der Waals surface area (Å²) in [5, 5.41) is 12.1. The predicted octanol–water partition coefficient (Wildman–Crippen LogP) is 1.66. The van der Waals surface area contributed by atoms with Crippen LogP contribution in [0.15, 0.2) is 0 Å². The molecule has 0 aromatic rings. The summed E-state index contributed by atoms with van der Waals surface area (Å²) in [7, 11) is 0. The molecule has 4 N–H and O–H groups in total. The zero-order chi connectivity index (χ0) is 14.3. The van der Waals surface area contributed by atoms with Crippen molar-refractivity contribution in [2.24, 2.45) is 11.7 Å². The molecule has 110 valence electrons. The maximum absolute atomic E-state index is 12.2. The number of carbonyl (C=O) groups excluding carboxylic acids is 1. The third-order valence-electron chi connectivity index (χ3n) is 3.98. The highest BCUT2D eigenvalue weighted by Gasteiger charge is 2.36. The van der Waals surface area contributed by atoms with Crippen LogP contribution < -0.4 is 11.1 Å². The molecule has 0 heterocycles. The predicted molar refractivity (Wildman–Crippen MR) is 73.7 cm³/mol. The molecule has 1 unspecified atom stereocenters. The maximum atomic E-state index is 12.2. The van der Waals surface area contributed by atoms with E-state index in [1.54, 1.807) is 0 Å². The SMILES string of the molecule is CCCC(CN)C(=O)NC1(CC(=O)O)CCCCC1. The van der Waals surface area contributed by atoms with Crippen molar-refractivity contribution in [2.75, 3.05) is 6.54 Å². The second kappa shape index (κ2) is 7.48. The van der Waals surface area contributed by atoms with Gasteiger partial charge in [0.2, 0.25) is 5.91 Å². The van der Waals surface area contributed by atoms with Gasteiger partial charge in [-0.1, -0.05) is 32.6 Å². The zero-order valence-electron chi connectivity index (χ0n) is 11.8. The molecule has 0 aromatic carbocycles. The summed E-state index contributed by atoms with van der Waals surface area (Å²) in [6.45, 7) is 2.34. The Labute approximate surface area is 114 Å². The molecule has 1 amide bonds. The lowest BCUT2D eigenvalue weighted by molar-refractivity contribution is -0.140. The van der Waals surface area contributed by atoms with Gasteiger partial charge >= 0.3 is 5.97 Å². The number of rotatable bonds is 7. The smallest absolute Gasteiger partial charge is 0.305 e. The Kier molecular flexibility index (Phi) is 6.28. The first-order chi connectivity index (χ1) is 9.03. The van der Waals surface area contributed by atoms with Gasteiger partial charge in [0.25, 0.3) is 0 Å². The fourth-order valence-electron chi connectivity index (χ4n) is 2.93. The van der Waals surface area contributed by atoms with Crippen LogP contribution in [0.25, 0.3) is 0 Å². The van der Waals surface area contributed by atoms with Gasteiger partial charge in [-0.25, -0.2) is 0 Å². The van der Waals surface area contributed by atoms with Crippen LogP contribution in [0.5, 0.6) is 0 Å². The minimum Gasteiger partial charge on any atom is -0.481 e. The number of nitrogens with one attached hydrogen (secondary N) is 1. The Hall–Kier alpha value is -1.10. The standard InChI is InChI=1S/C14H26N2O3/c1-2-6-11(10-15)13(19)16-14(9-12(17)18)7-4-3-5-8-14/h11H,2-10,15H2,1H3,(H,16,19)(H,17,18). The topological polar surface area (TPSA) is 92.4 Å². The van der Waals surface area contributed by atoms with Crippen molar-refractivity contribution in [1.29, 1.82) is 0 Å². The number of hydrogen-bond donors (Lipinski definition) is 3. The second-order valence-corrected chi connectivity index (χ2v) is 5.62. The van der Waals surface area contributed by atoms with Gasteiger partial charge in [0.1, 0.15) is 0 Å². The minimum atomic E-state index is -0.845. The van der Waals surface area contributed by atoms with Crippen LogP contribution in [0, 0.1) is 5.92 Å². The quantitative estimate of drug-likeness (QED) is 0.656. The van der Waals surface area contributed by atoms with Gasteiger partial charge in [-0.2, -0.15) is 0 Å². The molecule has 0 radical (unpaired) electrons. The number of aliphatic carboxylic acids is 1. The first-order valence-corrected chi connectivity index (χ1v) is 7.27. The van der Waals surface area contributed by atoms with Crippen molar-refractivity contribution in [3.63, 3.8) is 0 Å². The molecule has 1 fully saturated rings. The van der Waals surface area contributed by atoms with Gasteiger partial charge in [0, 0.05) is 6.54 Å². The largest absolute Gasteiger partial charge is 0.481 e. The van der Waals surface area contributed by atoms with E-state index in [1.165, 1.54) is 0 Å². The van der Waals surface area contributed by atoms with Gasteiger partial charge in [0.15, 0.2) is 0 Å². The Morgan fingerprint density at radius 1 is 1.32 bits per heavy atom. The van der Waals surface area contributed by atoms with E-state index < -0.39 is 11.5 Å². The zero-order valence-corrected chi connectivity index (χ0v) is 11.8. The molecule has 5 heteroatoms. The van der Waals surface area contributed by atoms with E-state index in [0.717, 1.165) is 44.9 Å². The second-order valence-electron chi connectivity index (χ2n) is 5.62. The number of nitrogens with two attached hydrogens (primary N) is 1. The van der Waals surface area contributed by atoms with Crippen molar-refractivity contribution in [2.45, 2.75) is 63.8 Å². The number of carboxylic acids is 1. The lowest BCUT2D eigenvalue weighted by Crippen LogP contribution is -2.53. The molecular weight excluding hydrogens is 244 g/mol. The van der Waals surface area contributed by atoms with Gasteiger partial charge in [-0.05, 0) is 19.3 Å². The van der Waals surface area contributed by atoms with E-state index in [4.69, 9.17) is 10.8 Å². The van der Waals surface area contributed by atoms with E-state index in [1.807, 2.05) is 6.92 Å². The van der Waals surface area contributed by atoms with Crippen molar-refractivity contribution in [1.82, 2.24) is 5.32 Å². The molecule has 0 aromatic heterocycles. The normalized spacial score (nSPS) is 19.7. The van der Waals surface area contributed by atoms with Crippen LogP contribution in [-0.4, -0.2) is 29.1 Å². The molecule has 1 rings (SSSR count). The van der Waals surface area contributed by atoms with Crippen molar-refractivity contribution < 1.29 is 14.7 Å². The summed E-state index contributed by atoms with van der Waals surface area (Å²) in [5.41, 5.74) is 5.08. The Morgan fingerprint density at radius 2 is 1.95 bits per heavy atom. The molecule has 1 aliphatic carbocycles. The lowest BCUT2D eigenvalue weighted by atomic mass is 9.78. The highest BCUT2D eigenvalue weighted by atomic mass is 16.4. The van der Waals surface area contributed by atoms with E-state index >= 15 is 0 Å². The monoisotopic (exact) mass is 270 g/mol. The number of amides is 1. The molecule has 0 spiro atoms. The van der Waals surface area contributed by atoms with Gasteiger partial charge in [0.05, 0.1) is 17.9 Å². The number of hydrogen-bond acceptors (Lipinski definition) is 3. The van der Waals surface area contributed by atoms with Crippen LogP contribution in [0.4, 0.5) is 0 Å². The summed E-state index contributed by atoms with van der Waals surface area (Å²) in [4.78, 5) is 23.3. The van der Waals surface area contributed by atoms with Crippen molar-refractivity contribution in [3.8, 4) is 0 Å². The molecule has 19 heavy (non-hydrogen) atoms. The first kappa shape index (κ1) is 16.0. The average molecular weight is 270 g/mol. The maximum Gasteiger partial charge on any atom is 0.305 e.